The van der Waals surface area contributed by atoms with Crippen LogP contribution in [0.1, 0.15) is 30.3 Å². The smallest absolute Gasteiger partial charge is 0.258 e. The quantitative estimate of drug-likeness (QED) is 0.912. The van der Waals surface area contributed by atoms with Crippen molar-refractivity contribution >= 4 is 0 Å². The monoisotopic (exact) mass is 259 g/mol. The van der Waals surface area contributed by atoms with Crippen molar-refractivity contribution in [3.63, 3.8) is 0 Å². The minimum Gasteiger partial charge on any atom is -0.496 e. The van der Waals surface area contributed by atoms with Gasteiger partial charge in [0.2, 0.25) is 0 Å². The zero-order chi connectivity index (χ0) is 13.4. The largest absolute Gasteiger partial charge is 0.496 e. The summed E-state index contributed by atoms with van der Waals surface area (Å²) >= 11 is 0. The zero-order valence-electron chi connectivity index (χ0n) is 11.1. The molecule has 0 radical (unpaired) electrons. The van der Waals surface area contributed by atoms with E-state index in [1.54, 1.807) is 7.11 Å². The zero-order valence-corrected chi connectivity index (χ0v) is 11.1. The topological polar surface area (TPSA) is 74.2 Å². The van der Waals surface area contributed by atoms with Crippen molar-refractivity contribution in [1.82, 2.24) is 10.1 Å². The Hall–Kier alpha value is -1.88. The van der Waals surface area contributed by atoms with Gasteiger partial charge in [0.25, 0.3) is 5.89 Å². The molecule has 0 amide bonds. The molecule has 1 aromatic heterocycles. The first kappa shape index (κ1) is 12.2. The molecular formula is C14H17N3O2. The highest BCUT2D eigenvalue weighted by molar-refractivity contribution is 5.57. The predicted molar refractivity (Wildman–Crippen MR) is 70.7 cm³/mol. The molecule has 0 aliphatic heterocycles. The normalized spacial score (nSPS) is 16.4. The molecule has 0 spiro atoms. The highest BCUT2D eigenvalue weighted by Gasteiger charge is 2.32. The van der Waals surface area contributed by atoms with E-state index in [9.17, 15) is 0 Å². The average Bonchev–Trinajstić information content (AvgIpc) is 3.16. The molecule has 100 valence electrons. The van der Waals surface area contributed by atoms with Crippen LogP contribution in [-0.2, 0) is 0 Å². The Kier molecular flexibility index (Phi) is 2.98. The van der Waals surface area contributed by atoms with Gasteiger partial charge in [0.05, 0.1) is 13.2 Å². The molecule has 1 aliphatic carbocycles. The fourth-order valence-electron chi connectivity index (χ4n) is 2.11. The van der Waals surface area contributed by atoms with Gasteiger partial charge in [-0.3, -0.25) is 0 Å². The van der Waals surface area contributed by atoms with Crippen LogP contribution in [0.2, 0.25) is 0 Å². The number of ether oxygens (including phenoxy) is 1. The summed E-state index contributed by atoms with van der Waals surface area (Å²) in [4.78, 5) is 4.39. The summed E-state index contributed by atoms with van der Waals surface area (Å²) in [5, 5.41) is 3.98. The van der Waals surface area contributed by atoms with Crippen LogP contribution in [-0.4, -0.2) is 17.3 Å². The van der Waals surface area contributed by atoms with Crippen LogP contribution in [0.15, 0.2) is 22.7 Å². The van der Waals surface area contributed by atoms with Gasteiger partial charge in [-0.25, -0.2) is 0 Å². The standard InChI is InChI=1S/C14H17N3O2/c1-8-3-4-10(7-11(8)18-2)14-16-13(17-19-14)12(15)9-5-6-9/h3-4,7,9,12H,5-6,15H2,1-2H3. The number of aromatic nitrogens is 2. The van der Waals surface area contributed by atoms with Gasteiger partial charge in [0, 0.05) is 5.56 Å². The second-order valence-corrected chi connectivity index (χ2v) is 5.01. The van der Waals surface area contributed by atoms with Crippen molar-refractivity contribution < 1.29 is 9.26 Å². The maximum absolute atomic E-state index is 6.06. The van der Waals surface area contributed by atoms with E-state index in [4.69, 9.17) is 15.0 Å². The molecule has 0 bridgehead atoms. The minimum atomic E-state index is -0.107. The van der Waals surface area contributed by atoms with Crippen molar-refractivity contribution in [2.24, 2.45) is 11.7 Å². The molecule has 1 fully saturated rings. The lowest BCUT2D eigenvalue weighted by Crippen LogP contribution is -2.13. The van der Waals surface area contributed by atoms with E-state index in [2.05, 4.69) is 10.1 Å². The van der Waals surface area contributed by atoms with Crippen molar-refractivity contribution in [2.45, 2.75) is 25.8 Å². The summed E-state index contributed by atoms with van der Waals surface area (Å²) in [7, 11) is 1.65. The third-order valence-corrected chi connectivity index (χ3v) is 3.52. The van der Waals surface area contributed by atoms with Crippen molar-refractivity contribution in [3.8, 4) is 17.2 Å². The summed E-state index contributed by atoms with van der Waals surface area (Å²) in [6, 6.07) is 5.70. The molecule has 3 rings (SSSR count). The SMILES string of the molecule is COc1cc(-c2nc(C(N)C3CC3)no2)ccc1C. The van der Waals surface area contributed by atoms with E-state index in [-0.39, 0.29) is 6.04 Å². The first-order chi connectivity index (χ1) is 9.19. The number of nitrogens with zero attached hydrogens (tertiary/aromatic N) is 2. The number of hydrogen-bond acceptors (Lipinski definition) is 5. The van der Waals surface area contributed by atoms with Gasteiger partial charge in [-0.15, -0.1) is 0 Å². The fraction of sp³-hybridized carbons (Fsp3) is 0.429. The number of methoxy groups -OCH3 is 1. The van der Waals surface area contributed by atoms with Gasteiger partial charge < -0.3 is 15.0 Å². The fourth-order valence-corrected chi connectivity index (χ4v) is 2.11. The maximum Gasteiger partial charge on any atom is 0.258 e. The molecule has 0 saturated heterocycles. The van der Waals surface area contributed by atoms with Gasteiger partial charge in [-0.2, -0.15) is 4.98 Å². The molecule has 2 aromatic rings. The van der Waals surface area contributed by atoms with Crippen LogP contribution in [0.3, 0.4) is 0 Å². The molecule has 1 atom stereocenters. The molecule has 1 aliphatic rings. The Morgan fingerprint density at radius 1 is 1.42 bits per heavy atom. The molecular weight excluding hydrogens is 242 g/mol. The second kappa shape index (κ2) is 4.66. The lowest BCUT2D eigenvalue weighted by molar-refractivity contribution is 0.406. The number of hydrogen-bond donors (Lipinski definition) is 1. The second-order valence-electron chi connectivity index (χ2n) is 5.01. The van der Waals surface area contributed by atoms with Crippen LogP contribution in [0, 0.1) is 12.8 Å². The van der Waals surface area contributed by atoms with Gasteiger partial charge in [-0.1, -0.05) is 11.2 Å². The van der Waals surface area contributed by atoms with Gasteiger partial charge in [0.15, 0.2) is 5.82 Å². The lowest BCUT2D eigenvalue weighted by atomic mass is 10.1. The molecule has 1 heterocycles. The van der Waals surface area contributed by atoms with E-state index >= 15 is 0 Å². The van der Waals surface area contributed by atoms with Crippen molar-refractivity contribution in [3.05, 3.63) is 29.6 Å². The number of benzene rings is 1. The Morgan fingerprint density at radius 3 is 2.89 bits per heavy atom. The summed E-state index contributed by atoms with van der Waals surface area (Å²) < 4.78 is 10.6. The third kappa shape index (κ3) is 2.33. The lowest BCUT2D eigenvalue weighted by Gasteiger charge is -2.05. The Morgan fingerprint density at radius 2 is 2.21 bits per heavy atom. The van der Waals surface area contributed by atoms with Crippen LogP contribution in [0.5, 0.6) is 5.75 Å². The highest BCUT2D eigenvalue weighted by atomic mass is 16.5. The summed E-state index contributed by atoms with van der Waals surface area (Å²) in [6.45, 7) is 1.99. The van der Waals surface area contributed by atoms with Gasteiger partial charge in [-0.05, 0) is 43.4 Å². The van der Waals surface area contributed by atoms with Crippen LogP contribution in [0.4, 0.5) is 0 Å². The molecule has 1 aromatic carbocycles. The summed E-state index contributed by atoms with van der Waals surface area (Å²) in [5.74, 6) is 2.41. The van der Waals surface area contributed by atoms with E-state index < -0.39 is 0 Å². The molecule has 1 unspecified atom stereocenters. The van der Waals surface area contributed by atoms with Gasteiger partial charge in [0.1, 0.15) is 5.75 Å². The highest BCUT2D eigenvalue weighted by Crippen LogP contribution is 2.38. The molecule has 2 N–H and O–H groups in total. The first-order valence-corrected chi connectivity index (χ1v) is 6.43. The number of aryl methyl sites for hydroxylation is 1. The molecule has 5 heteroatoms. The molecule has 5 nitrogen and oxygen atoms in total. The van der Waals surface area contributed by atoms with Crippen LogP contribution < -0.4 is 10.5 Å². The Bertz CT molecular complexity index is 590. The first-order valence-electron chi connectivity index (χ1n) is 6.43. The van der Waals surface area contributed by atoms with Gasteiger partial charge >= 0.3 is 0 Å². The van der Waals surface area contributed by atoms with Crippen LogP contribution in [0.25, 0.3) is 11.5 Å². The Labute approximate surface area is 111 Å². The van der Waals surface area contributed by atoms with Crippen molar-refractivity contribution in [1.29, 1.82) is 0 Å². The van der Waals surface area contributed by atoms with E-state index in [0.717, 1.165) is 29.7 Å². The average molecular weight is 259 g/mol. The molecule has 19 heavy (non-hydrogen) atoms. The number of nitrogens with two attached hydrogens (primary N) is 1. The van der Waals surface area contributed by atoms with E-state index in [1.165, 1.54) is 0 Å². The predicted octanol–water partition coefficient (Wildman–Crippen LogP) is 2.46. The molecule has 1 saturated carbocycles. The maximum atomic E-state index is 6.06. The van der Waals surface area contributed by atoms with Crippen molar-refractivity contribution in [2.75, 3.05) is 7.11 Å². The van der Waals surface area contributed by atoms with E-state index in [1.807, 2.05) is 25.1 Å². The minimum absolute atomic E-state index is 0.107. The third-order valence-electron chi connectivity index (χ3n) is 3.52. The summed E-state index contributed by atoms with van der Waals surface area (Å²) in [5.41, 5.74) is 7.98. The van der Waals surface area contributed by atoms with Crippen LogP contribution >= 0.6 is 0 Å². The Balaban J connectivity index is 1.89. The number of rotatable bonds is 4. The summed E-state index contributed by atoms with van der Waals surface area (Å²) in [6.07, 6.45) is 2.31. The van der Waals surface area contributed by atoms with E-state index in [0.29, 0.717) is 17.6 Å².